The van der Waals surface area contributed by atoms with E-state index in [1.807, 2.05) is 11.6 Å². The minimum Gasteiger partial charge on any atom is -0.355 e. The van der Waals surface area contributed by atoms with E-state index in [4.69, 9.17) is 0 Å². The smallest absolute Gasteiger partial charge is 0.355 e. The molecule has 1 unspecified atom stereocenters. The molecule has 9 nitrogen and oxygen atoms in total. The lowest BCUT2D eigenvalue weighted by atomic mass is 10.1. The van der Waals surface area contributed by atoms with Crippen molar-refractivity contribution in [1.29, 1.82) is 0 Å². The van der Waals surface area contributed by atoms with Crippen LogP contribution in [0, 0.1) is 0 Å². The Balaban J connectivity index is 0.00000320. The average molecular weight is 539 g/mol. The highest BCUT2D eigenvalue weighted by atomic mass is 127. The lowest BCUT2D eigenvalue weighted by molar-refractivity contribution is -0.141. The number of nitrogens with one attached hydrogen (secondary N) is 3. The normalized spacial score (nSPS) is 16.4. The molecule has 0 bridgehead atoms. The molecule has 2 aromatic heterocycles. The number of aryl methyl sites for hydroxylation is 2. The molecule has 30 heavy (non-hydrogen) atoms. The van der Waals surface area contributed by atoms with Gasteiger partial charge in [-0.15, -0.1) is 24.0 Å². The van der Waals surface area contributed by atoms with Gasteiger partial charge in [0.15, 0.2) is 11.8 Å². The van der Waals surface area contributed by atoms with Crippen molar-refractivity contribution >= 4 is 35.9 Å². The largest absolute Gasteiger partial charge is 0.433 e. The Morgan fingerprint density at radius 3 is 2.80 bits per heavy atom. The van der Waals surface area contributed by atoms with Crippen molar-refractivity contribution in [1.82, 2.24) is 35.4 Å². The molecule has 0 radical (unpaired) electrons. The molecule has 1 aliphatic rings. The van der Waals surface area contributed by atoms with Gasteiger partial charge in [-0.3, -0.25) is 4.99 Å². The fraction of sp³-hybridized carbons (Fsp3) is 0.588. The number of nitrogens with zero attached hydrogens (tertiary/aromatic N) is 6. The molecule has 1 aliphatic heterocycles. The van der Waals surface area contributed by atoms with Gasteiger partial charge < -0.3 is 16.0 Å². The zero-order valence-corrected chi connectivity index (χ0v) is 19.0. The van der Waals surface area contributed by atoms with E-state index in [1.165, 1.54) is 0 Å². The second-order valence-corrected chi connectivity index (χ2v) is 6.55. The van der Waals surface area contributed by atoms with Crippen LogP contribution in [-0.4, -0.2) is 56.9 Å². The Morgan fingerprint density at radius 2 is 2.10 bits per heavy atom. The van der Waals surface area contributed by atoms with Crippen molar-refractivity contribution in [2.75, 3.05) is 25.5 Å². The van der Waals surface area contributed by atoms with Crippen LogP contribution in [0.3, 0.4) is 0 Å². The van der Waals surface area contributed by atoms with Gasteiger partial charge in [-0.25, -0.2) is 19.6 Å². The van der Waals surface area contributed by atoms with Crippen molar-refractivity contribution in [2.24, 2.45) is 4.99 Å². The number of alkyl halides is 3. The summed E-state index contributed by atoms with van der Waals surface area (Å²) in [5, 5.41) is 13.7. The van der Waals surface area contributed by atoms with E-state index >= 15 is 0 Å². The quantitative estimate of drug-likeness (QED) is 0.223. The number of hydrogen-bond donors (Lipinski definition) is 3. The first-order valence-electron chi connectivity index (χ1n) is 9.43. The van der Waals surface area contributed by atoms with E-state index < -0.39 is 11.9 Å². The molecule has 0 fully saturated rings. The van der Waals surface area contributed by atoms with Gasteiger partial charge in [0, 0.05) is 45.2 Å². The van der Waals surface area contributed by atoms with Crippen LogP contribution < -0.4 is 16.0 Å². The number of halogens is 4. The first-order valence-corrected chi connectivity index (χ1v) is 9.43. The van der Waals surface area contributed by atoms with Crippen LogP contribution in [0.4, 0.5) is 19.1 Å². The number of anilines is 1. The lowest BCUT2D eigenvalue weighted by Gasteiger charge is -2.25. The number of hydrogen-bond acceptors (Lipinski definition) is 6. The van der Waals surface area contributed by atoms with Crippen molar-refractivity contribution in [3.63, 3.8) is 0 Å². The topological polar surface area (TPSA) is 105 Å². The number of aliphatic imine (C=N–C) groups is 1. The SMILES string of the molecule is CCc1nc2n(n1)CC(NC(=NC)NCCNc1nccc(C(F)(F)F)n1)CC2.I. The minimum atomic E-state index is -4.49. The molecule has 0 amide bonds. The van der Waals surface area contributed by atoms with E-state index in [1.54, 1.807) is 7.05 Å². The van der Waals surface area contributed by atoms with Crippen molar-refractivity contribution in [3.8, 4) is 0 Å². The monoisotopic (exact) mass is 539 g/mol. The molecule has 0 aromatic carbocycles. The zero-order chi connectivity index (χ0) is 20.9. The lowest BCUT2D eigenvalue weighted by Crippen LogP contribution is -2.48. The molecule has 166 valence electrons. The van der Waals surface area contributed by atoms with Gasteiger partial charge in [0.2, 0.25) is 5.95 Å². The fourth-order valence-corrected chi connectivity index (χ4v) is 2.97. The summed E-state index contributed by atoms with van der Waals surface area (Å²) in [7, 11) is 1.66. The molecule has 0 saturated heterocycles. The summed E-state index contributed by atoms with van der Waals surface area (Å²) in [5.74, 6) is 2.41. The third-order valence-electron chi connectivity index (χ3n) is 4.43. The number of fused-ring (bicyclic) bond motifs is 1. The van der Waals surface area contributed by atoms with Crippen molar-refractivity contribution < 1.29 is 13.2 Å². The van der Waals surface area contributed by atoms with E-state index in [9.17, 15) is 13.2 Å². The zero-order valence-electron chi connectivity index (χ0n) is 16.7. The van der Waals surface area contributed by atoms with Crippen LogP contribution >= 0.6 is 24.0 Å². The Kier molecular flexibility index (Phi) is 8.61. The molecule has 0 aliphatic carbocycles. The second kappa shape index (κ2) is 10.7. The maximum Gasteiger partial charge on any atom is 0.433 e. The summed E-state index contributed by atoms with van der Waals surface area (Å²) in [4.78, 5) is 16.0. The highest BCUT2D eigenvalue weighted by Crippen LogP contribution is 2.27. The maximum absolute atomic E-state index is 12.7. The maximum atomic E-state index is 12.7. The summed E-state index contributed by atoms with van der Waals surface area (Å²) in [6, 6.07) is 1.00. The van der Waals surface area contributed by atoms with Gasteiger partial charge in [-0.2, -0.15) is 18.3 Å². The molecule has 0 saturated carbocycles. The molecule has 3 N–H and O–H groups in total. The molecule has 2 aromatic rings. The summed E-state index contributed by atoms with van der Waals surface area (Å²) < 4.78 is 40.0. The summed E-state index contributed by atoms with van der Waals surface area (Å²) in [6.45, 7) is 3.50. The Hall–Kier alpha value is -2.19. The van der Waals surface area contributed by atoms with Gasteiger partial charge in [0.25, 0.3) is 0 Å². The Bertz CT molecular complexity index is 853. The van der Waals surface area contributed by atoms with Gasteiger partial charge in [-0.05, 0) is 12.5 Å². The van der Waals surface area contributed by atoms with E-state index in [-0.39, 0.29) is 36.0 Å². The Labute approximate surface area is 189 Å². The predicted molar refractivity (Wildman–Crippen MR) is 117 cm³/mol. The van der Waals surface area contributed by atoms with Crippen molar-refractivity contribution in [3.05, 3.63) is 29.6 Å². The average Bonchev–Trinajstić information content (AvgIpc) is 3.12. The summed E-state index contributed by atoms with van der Waals surface area (Å²) in [5.41, 5.74) is -0.976. The molecule has 3 heterocycles. The third kappa shape index (κ3) is 6.40. The van der Waals surface area contributed by atoms with Crippen LogP contribution in [-0.2, 0) is 25.6 Å². The summed E-state index contributed by atoms with van der Waals surface area (Å²) >= 11 is 0. The van der Waals surface area contributed by atoms with Crippen LogP contribution in [0.1, 0.15) is 30.7 Å². The van der Waals surface area contributed by atoms with E-state index in [0.717, 1.165) is 43.2 Å². The number of rotatable bonds is 6. The Morgan fingerprint density at radius 1 is 1.30 bits per heavy atom. The van der Waals surface area contributed by atoms with Gasteiger partial charge in [0.1, 0.15) is 11.5 Å². The molecule has 3 rings (SSSR count). The minimum absolute atomic E-state index is 0. The number of guanidine groups is 1. The fourth-order valence-electron chi connectivity index (χ4n) is 2.97. The highest BCUT2D eigenvalue weighted by Gasteiger charge is 2.32. The van der Waals surface area contributed by atoms with E-state index in [0.29, 0.717) is 25.6 Å². The molecular weight excluding hydrogens is 514 g/mol. The van der Waals surface area contributed by atoms with Crippen molar-refractivity contribution in [2.45, 2.75) is 44.9 Å². The molecule has 0 spiro atoms. The molecule has 13 heteroatoms. The van der Waals surface area contributed by atoms with Crippen LogP contribution in [0.25, 0.3) is 0 Å². The molecular formula is C17H25F3IN9. The first-order chi connectivity index (χ1) is 13.9. The third-order valence-corrected chi connectivity index (χ3v) is 4.43. The van der Waals surface area contributed by atoms with E-state index in [2.05, 4.69) is 41.0 Å². The first kappa shape index (κ1) is 24.1. The number of aromatic nitrogens is 5. The van der Waals surface area contributed by atoms with Crippen LogP contribution in [0.2, 0.25) is 0 Å². The predicted octanol–water partition coefficient (Wildman–Crippen LogP) is 1.86. The second-order valence-electron chi connectivity index (χ2n) is 6.55. The summed E-state index contributed by atoms with van der Waals surface area (Å²) in [6.07, 6.45) is -0.845. The van der Waals surface area contributed by atoms with Gasteiger partial charge in [0.05, 0.1) is 6.54 Å². The van der Waals surface area contributed by atoms with Gasteiger partial charge >= 0.3 is 6.18 Å². The van der Waals surface area contributed by atoms with Gasteiger partial charge in [-0.1, -0.05) is 6.92 Å². The highest BCUT2D eigenvalue weighted by molar-refractivity contribution is 14.0. The standard InChI is InChI=1S/C17H24F3N9.HI/c1-3-13-27-14-5-4-11(10-29(14)28-13)25-15(21-2)23-8-9-24-16-22-7-6-12(26-16)17(18,19)20;/h6-7,11H,3-5,8-10H2,1-2H3,(H2,21,23,25)(H,22,24,26);1H. The molecule has 1 atom stereocenters. The van der Waals surface area contributed by atoms with Crippen LogP contribution in [0.5, 0.6) is 0 Å². The van der Waals surface area contributed by atoms with Crippen LogP contribution in [0.15, 0.2) is 17.3 Å².